The van der Waals surface area contributed by atoms with Gasteiger partial charge in [-0.3, -0.25) is 19.7 Å². The van der Waals surface area contributed by atoms with Gasteiger partial charge in [0.1, 0.15) is 11.2 Å². The molecule has 4 rings (SSSR count). The summed E-state index contributed by atoms with van der Waals surface area (Å²) in [5.41, 5.74) is 2.72. The third-order valence-corrected chi connectivity index (χ3v) is 7.11. The van der Waals surface area contributed by atoms with Gasteiger partial charge in [0.2, 0.25) is 0 Å². The van der Waals surface area contributed by atoms with Gasteiger partial charge < -0.3 is 0 Å². The number of hydrogen-bond acceptors (Lipinski definition) is 6. The summed E-state index contributed by atoms with van der Waals surface area (Å²) in [4.78, 5) is 31.2. The molecule has 0 spiro atoms. The molecule has 2 heterocycles. The number of aryl methyl sites for hydroxylation is 1. The van der Waals surface area contributed by atoms with E-state index in [0.717, 1.165) is 16.0 Å². The maximum atomic E-state index is 12.6. The minimum atomic E-state index is -3.72. The van der Waals surface area contributed by atoms with Crippen LogP contribution in [0, 0.1) is 0 Å². The molecule has 2 aromatic heterocycles. The van der Waals surface area contributed by atoms with Gasteiger partial charge in [-0.05, 0) is 48.9 Å². The molecule has 0 radical (unpaired) electrons. The zero-order valence-corrected chi connectivity index (χ0v) is 18.0. The molecule has 0 aliphatic rings. The molecule has 0 bridgehead atoms. The fourth-order valence-corrected chi connectivity index (χ4v) is 4.91. The Hall–Kier alpha value is -3.50. The Bertz CT molecular complexity index is 1410. The minimum absolute atomic E-state index is 0.138. The third-order valence-electron chi connectivity index (χ3n) is 4.53. The predicted octanol–water partition coefficient (Wildman–Crippen LogP) is 3.21. The SMILES string of the molecule is CCc1cc2c(=O)n(NC(=O)c3ccc(NS(=O)(=O)c4ccccc4)cc3)cnc2s1. The first-order valence-corrected chi connectivity index (χ1v) is 11.7. The van der Waals surface area contributed by atoms with Gasteiger partial charge in [-0.1, -0.05) is 25.1 Å². The Morgan fingerprint density at radius 3 is 2.48 bits per heavy atom. The molecule has 0 saturated carbocycles. The number of carbonyl (C=O) groups is 1. The highest BCUT2D eigenvalue weighted by Gasteiger charge is 2.15. The highest BCUT2D eigenvalue weighted by molar-refractivity contribution is 7.92. The summed E-state index contributed by atoms with van der Waals surface area (Å²) in [6, 6.07) is 15.7. The standard InChI is InChI=1S/C21H18N4O4S2/c1-2-16-12-18-20(30-16)22-13-25(21(18)27)23-19(26)14-8-10-15(11-9-14)24-31(28,29)17-6-4-3-5-7-17/h3-13,24H,2H2,1H3,(H,23,26). The first kappa shape index (κ1) is 20.8. The lowest BCUT2D eigenvalue weighted by Gasteiger charge is -2.10. The number of amides is 1. The molecule has 0 saturated heterocycles. The van der Waals surface area contributed by atoms with Gasteiger partial charge in [-0.2, -0.15) is 0 Å². The number of carbonyl (C=O) groups excluding carboxylic acids is 1. The first-order valence-electron chi connectivity index (χ1n) is 9.37. The van der Waals surface area contributed by atoms with E-state index >= 15 is 0 Å². The number of fused-ring (bicyclic) bond motifs is 1. The van der Waals surface area contributed by atoms with Crippen LogP contribution in [0.5, 0.6) is 0 Å². The van der Waals surface area contributed by atoms with Gasteiger partial charge in [0, 0.05) is 16.1 Å². The largest absolute Gasteiger partial charge is 0.280 e. The fraction of sp³-hybridized carbons (Fsp3) is 0.0952. The van der Waals surface area contributed by atoms with Crippen LogP contribution >= 0.6 is 11.3 Å². The Balaban J connectivity index is 1.51. The van der Waals surface area contributed by atoms with Gasteiger partial charge in [-0.25, -0.2) is 18.1 Å². The molecule has 4 aromatic rings. The van der Waals surface area contributed by atoms with E-state index in [0.29, 0.717) is 15.9 Å². The van der Waals surface area contributed by atoms with Crippen molar-refractivity contribution >= 4 is 43.2 Å². The van der Waals surface area contributed by atoms with E-state index in [1.807, 2.05) is 6.92 Å². The molecule has 0 aliphatic carbocycles. The van der Waals surface area contributed by atoms with E-state index in [1.54, 1.807) is 24.3 Å². The summed E-state index contributed by atoms with van der Waals surface area (Å²) in [6.45, 7) is 1.99. The number of nitrogens with zero attached hydrogens (tertiary/aromatic N) is 2. The number of hydrogen-bond donors (Lipinski definition) is 2. The summed E-state index contributed by atoms with van der Waals surface area (Å²) in [5, 5.41) is 0.454. The number of thiophene rings is 1. The summed E-state index contributed by atoms with van der Waals surface area (Å²) in [6.07, 6.45) is 2.08. The van der Waals surface area contributed by atoms with Crippen LogP contribution in [0.1, 0.15) is 22.2 Å². The van der Waals surface area contributed by atoms with Gasteiger partial charge in [-0.15, -0.1) is 11.3 Å². The molecule has 8 nitrogen and oxygen atoms in total. The van der Waals surface area contributed by atoms with E-state index in [1.165, 1.54) is 54.1 Å². The number of benzene rings is 2. The summed E-state index contributed by atoms with van der Waals surface area (Å²) in [7, 11) is -3.72. The molecule has 0 fully saturated rings. The van der Waals surface area contributed by atoms with E-state index in [-0.39, 0.29) is 16.0 Å². The Morgan fingerprint density at radius 2 is 1.81 bits per heavy atom. The van der Waals surface area contributed by atoms with Gasteiger partial charge in [0.25, 0.3) is 21.5 Å². The predicted molar refractivity (Wildman–Crippen MR) is 121 cm³/mol. The zero-order valence-electron chi connectivity index (χ0n) is 16.4. The van der Waals surface area contributed by atoms with Gasteiger partial charge >= 0.3 is 0 Å². The molecular weight excluding hydrogens is 436 g/mol. The Morgan fingerprint density at radius 1 is 1.10 bits per heavy atom. The van der Waals surface area contributed by atoms with Crippen molar-refractivity contribution in [3.63, 3.8) is 0 Å². The van der Waals surface area contributed by atoms with Crippen molar-refractivity contribution in [3.05, 3.63) is 87.8 Å². The molecule has 158 valence electrons. The van der Waals surface area contributed by atoms with Crippen LogP contribution in [-0.2, 0) is 16.4 Å². The molecule has 2 aromatic carbocycles. The molecule has 10 heteroatoms. The quantitative estimate of drug-likeness (QED) is 0.465. The molecule has 31 heavy (non-hydrogen) atoms. The van der Waals surface area contributed by atoms with Crippen LogP contribution < -0.4 is 15.7 Å². The molecule has 1 amide bonds. The van der Waals surface area contributed by atoms with Crippen molar-refractivity contribution in [1.29, 1.82) is 0 Å². The zero-order chi connectivity index (χ0) is 22.0. The van der Waals surface area contributed by atoms with Crippen molar-refractivity contribution in [2.45, 2.75) is 18.2 Å². The van der Waals surface area contributed by atoms with Gasteiger partial charge in [0.15, 0.2) is 0 Å². The average Bonchev–Trinajstić information content (AvgIpc) is 3.21. The second-order valence-electron chi connectivity index (χ2n) is 6.64. The maximum absolute atomic E-state index is 12.6. The topological polar surface area (TPSA) is 110 Å². The summed E-state index contributed by atoms with van der Waals surface area (Å²) >= 11 is 1.45. The van der Waals surface area contributed by atoms with Crippen LogP contribution in [0.4, 0.5) is 5.69 Å². The normalized spacial score (nSPS) is 11.4. The Kier molecular flexibility index (Phi) is 5.57. The minimum Gasteiger partial charge on any atom is -0.280 e. The molecule has 0 unspecified atom stereocenters. The van der Waals surface area contributed by atoms with Crippen molar-refractivity contribution in [3.8, 4) is 0 Å². The molecular formula is C21H18N4O4S2. The highest BCUT2D eigenvalue weighted by Crippen LogP contribution is 2.21. The number of sulfonamides is 1. The Labute approximate surface area is 182 Å². The molecule has 0 aliphatic heterocycles. The number of aromatic nitrogens is 2. The monoisotopic (exact) mass is 454 g/mol. The van der Waals surface area contributed by atoms with Crippen molar-refractivity contribution in [2.75, 3.05) is 10.1 Å². The lowest BCUT2D eigenvalue weighted by Crippen LogP contribution is -2.33. The second kappa shape index (κ2) is 8.32. The number of nitrogens with one attached hydrogen (secondary N) is 2. The summed E-state index contributed by atoms with van der Waals surface area (Å²) in [5.74, 6) is -0.522. The second-order valence-corrected chi connectivity index (χ2v) is 9.44. The smallest absolute Gasteiger partial charge is 0.280 e. The fourth-order valence-electron chi connectivity index (χ4n) is 2.90. The van der Waals surface area contributed by atoms with E-state index < -0.39 is 15.9 Å². The van der Waals surface area contributed by atoms with Crippen LogP contribution in [0.15, 0.2) is 76.7 Å². The molecule has 2 N–H and O–H groups in total. The van der Waals surface area contributed by atoms with E-state index in [9.17, 15) is 18.0 Å². The van der Waals surface area contributed by atoms with Gasteiger partial charge in [0.05, 0.1) is 10.3 Å². The molecule has 0 atom stereocenters. The van der Waals surface area contributed by atoms with Crippen LogP contribution in [0.3, 0.4) is 0 Å². The highest BCUT2D eigenvalue weighted by atomic mass is 32.2. The number of anilines is 1. The van der Waals surface area contributed by atoms with E-state index in [2.05, 4.69) is 15.1 Å². The third kappa shape index (κ3) is 4.35. The van der Waals surface area contributed by atoms with Crippen molar-refractivity contribution < 1.29 is 13.2 Å². The first-order chi connectivity index (χ1) is 14.9. The number of rotatable bonds is 6. The summed E-state index contributed by atoms with van der Waals surface area (Å²) < 4.78 is 28.3. The van der Waals surface area contributed by atoms with Crippen LogP contribution in [0.2, 0.25) is 0 Å². The lowest BCUT2D eigenvalue weighted by molar-refractivity contribution is 0.101. The lowest BCUT2D eigenvalue weighted by atomic mass is 10.2. The maximum Gasteiger partial charge on any atom is 0.280 e. The van der Waals surface area contributed by atoms with Crippen molar-refractivity contribution in [1.82, 2.24) is 9.66 Å². The van der Waals surface area contributed by atoms with Crippen LogP contribution in [-0.4, -0.2) is 24.0 Å². The van der Waals surface area contributed by atoms with Crippen molar-refractivity contribution in [2.24, 2.45) is 0 Å². The van der Waals surface area contributed by atoms with Crippen LogP contribution in [0.25, 0.3) is 10.2 Å². The average molecular weight is 455 g/mol. The van der Waals surface area contributed by atoms with E-state index in [4.69, 9.17) is 0 Å².